The Bertz CT molecular complexity index is 1300. The van der Waals surface area contributed by atoms with Crippen molar-refractivity contribution in [3.05, 3.63) is 79.9 Å². The number of ketones is 1. The molecule has 0 radical (unpaired) electrons. The predicted molar refractivity (Wildman–Crippen MR) is 121 cm³/mol. The maximum atomic E-state index is 13.5. The molecular weight excluding hydrogens is 472 g/mol. The summed E-state index contributed by atoms with van der Waals surface area (Å²) in [4.78, 5) is 74.2. The fourth-order valence-electron chi connectivity index (χ4n) is 5.76. The SMILES string of the molecule is O=C(CN(C(=O)c1cccc([N+](=O)[O-])c1)N1C(=O)[C@H]2[C@H]3CC[C@@H](C3)[C@@H]2C1=O)c1ccc([N+](=O)[O-])cc1. The third kappa shape index (κ3) is 3.70. The van der Waals surface area contributed by atoms with Crippen molar-refractivity contribution >= 4 is 34.9 Å². The molecule has 3 amide bonds. The van der Waals surface area contributed by atoms with Crippen molar-refractivity contribution in [2.45, 2.75) is 19.3 Å². The molecule has 36 heavy (non-hydrogen) atoms. The van der Waals surface area contributed by atoms with Crippen LogP contribution in [0.15, 0.2) is 48.5 Å². The van der Waals surface area contributed by atoms with E-state index in [-0.39, 0.29) is 34.3 Å². The number of hydrogen-bond donors (Lipinski definition) is 0. The smallest absolute Gasteiger partial charge is 0.273 e. The number of non-ortho nitro benzene ring substituents is 2. The monoisotopic (exact) mass is 492 g/mol. The molecule has 1 saturated heterocycles. The van der Waals surface area contributed by atoms with Crippen LogP contribution in [0.2, 0.25) is 0 Å². The highest BCUT2D eigenvalue weighted by Crippen LogP contribution is 2.56. The average molecular weight is 492 g/mol. The third-order valence-electron chi connectivity index (χ3n) is 7.38. The van der Waals surface area contributed by atoms with Gasteiger partial charge in [0.15, 0.2) is 5.78 Å². The summed E-state index contributed by atoms with van der Waals surface area (Å²) in [6.07, 6.45) is 2.42. The second-order valence-corrected chi connectivity index (χ2v) is 9.27. The lowest BCUT2D eigenvalue weighted by Gasteiger charge is -2.30. The van der Waals surface area contributed by atoms with Crippen LogP contribution in [0.25, 0.3) is 0 Å². The zero-order valence-electron chi connectivity index (χ0n) is 18.8. The summed E-state index contributed by atoms with van der Waals surface area (Å²) in [6.45, 7) is -0.703. The van der Waals surface area contributed by atoms with E-state index >= 15 is 0 Å². The minimum Gasteiger partial charge on any atom is -0.292 e. The molecule has 4 atom stereocenters. The van der Waals surface area contributed by atoms with Crippen LogP contribution in [0, 0.1) is 43.9 Å². The number of amides is 3. The molecule has 3 aliphatic rings. The van der Waals surface area contributed by atoms with Crippen molar-refractivity contribution in [3.63, 3.8) is 0 Å². The van der Waals surface area contributed by atoms with Crippen molar-refractivity contribution < 1.29 is 29.0 Å². The molecule has 3 fully saturated rings. The minimum absolute atomic E-state index is 0.0387. The minimum atomic E-state index is -0.914. The number of nitro groups is 2. The third-order valence-corrected chi connectivity index (χ3v) is 7.38. The standard InChI is InChI=1S/C24H20N4O8/c29-19(13-6-8-17(9-7-13)27(33)34)12-25(22(30)16-2-1-3-18(11-16)28(35)36)26-23(31)20-14-4-5-15(10-14)21(20)24(26)32/h1-3,6-9,11,14-15,20-21H,4-5,10,12H2/t14-,15-,20-,21-/m0/s1. The zero-order chi connectivity index (χ0) is 25.7. The second-order valence-electron chi connectivity index (χ2n) is 9.27. The second kappa shape index (κ2) is 8.63. The van der Waals surface area contributed by atoms with Gasteiger partial charge in [-0.25, -0.2) is 5.01 Å². The Morgan fingerprint density at radius 3 is 2.00 bits per heavy atom. The molecule has 2 aromatic carbocycles. The number of hydrogen-bond acceptors (Lipinski definition) is 8. The first-order valence-corrected chi connectivity index (χ1v) is 11.4. The van der Waals surface area contributed by atoms with E-state index in [9.17, 15) is 39.4 Å². The van der Waals surface area contributed by atoms with Crippen LogP contribution < -0.4 is 0 Å². The van der Waals surface area contributed by atoms with Crippen molar-refractivity contribution in [1.29, 1.82) is 0 Å². The van der Waals surface area contributed by atoms with Crippen molar-refractivity contribution in [3.8, 4) is 0 Å². The Kier molecular flexibility index (Phi) is 5.58. The Morgan fingerprint density at radius 1 is 0.861 bits per heavy atom. The average Bonchev–Trinajstić information content (AvgIpc) is 3.56. The molecule has 2 aromatic rings. The molecule has 12 heteroatoms. The molecule has 2 saturated carbocycles. The van der Waals surface area contributed by atoms with Gasteiger partial charge in [0.2, 0.25) is 0 Å². The number of benzene rings is 2. The van der Waals surface area contributed by atoms with Crippen molar-refractivity contribution in [1.82, 2.24) is 10.0 Å². The zero-order valence-corrected chi connectivity index (χ0v) is 18.8. The number of fused-ring (bicyclic) bond motifs is 5. The Hall–Kier alpha value is -4.48. The molecule has 0 N–H and O–H groups in total. The lowest BCUT2D eigenvalue weighted by molar-refractivity contribution is -0.385. The van der Waals surface area contributed by atoms with E-state index in [0.29, 0.717) is 0 Å². The van der Waals surface area contributed by atoms with E-state index < -0.39 is 51.7 Å². The van der Waals surface area contributed by atoms with Gasteiger partial charge in [0.1, 0.15) is 6.54 Å². The highest BCUT2D eigenvalue weighted by molar-refractivity contribution is 6.10. The first kappa shape index (κ1) is 23.3. The van der Waals surface area contributed by atoms with Crippen LogP contribution in [0.4, 0.5) is 11.4 Å². The van der Waals surface area contributed by atoms with E-state index in [1.807, 2.05) is 0 Å². The summed E-state index contributed by atoms with van der Waals surface area (Å²) in [5.74, 6) is -3.69. The number of Topliss-reactive ketones (excluding diaryl/α,β-unsaturated/α-hetero) is 1. The number of nitrogens with zero attached hydrogens (tertiary/aromatic N) is 4. The maximum Gasteiger partial charge on any atom is 0.273 e. The number of nitro benzene ring substituents is 2. The Balaban J connectivity index is 1.50. The van der Waals surface area contributed by atoms with Gasteiger partial charge in [-0.1, -0.05) is 6.07 Å². The molecule has 0 aromatic heterocycles. The van der Waals surface area contributed by atoms with Gasteiger partial charge < -0.3 is 0 Å². The molecule has 5 rings (SSSR count). The van der Waals surface area contributed by atoms with Crippen LogP contribution in [-0.2, 0) is 9.59 Å². The van der Waals surface area contributed by atoms with Gasteiger partial charge in [-0.05, 0) is 49.3 Å². The van der Waals surface area contributed by atoms with Crippen molar-refractivity contribution in [2.75, 3.05) is 6.54 Å². The first-order valence-electron chi connectivity index (χ1n) is 11.4. The highest BCUT2D eigenvalue weighted by atomic mass is 16.6. The summed E-state index contributed by atoms with van der Waals surface area (Å²) in [6, 6.07) is 9.51. The quantitative estimate of drug-likeness (QED) is 0.247. The normalized spacial score (nSPS) is 24.1. The van der Waals surface area contributed by atoms with E-state index in [4.69, 9.17) is 0 Å². The van der Waals surface area contributed by atoms with Crippen LogP contribution >= 0.6 is 0 Å². The number of hydrazine groups is 1. The number of carbonyl (C=O) groups is 4. The van der Waals surface area contributed by atoms with Crippen LogP contribution in [0.3, 0.4) is 0 Å². The maximum absolute atomic E-state index is 13.5. The summed E-state index contributed by atoms with van der Waals surface area (Å²) in [7, 11) is 0. The first-order chi connectivity index (χ1) is 17.2. The fraction of sp³-hybridized carbons (Fsp3) is 0.333. The molecule has 1 heterocycles. The number of imide groups is 1. The molecule has 2 bridgehead atoms. The predicted octanol–water partition coefficient (Wildman–Crippen LogP) is 2.77. The number of carbonyl (C=O) groups excluding carboxylic acids is 4. The van der Waals surface area contributed by atoms with Gasteiger partial charge in [-0.3, -0.25) is 39.4 Å². The summed E-state index contributed by atoms with van der Waals surface area (Å²) >= 11 is 0. The van der Waals surface area contributed by atoms with Gasteiger partial charge in [-0.15, -0.1) is 0 Å². The largest absolute Gasteiger partial charge is 0.292 e. The van der Waals surface area contributed by atoms with Crippen LogP contribution in [-0.4, -0.2) is 49.9 Å². The van der Waals surface area contributed by atoms with E-state index in [1.165, 1.54) is 30.3 Å². The lowest BCUT2D eigenvalue weighted by atomic mass is 9.81. The van der Waals surface area contributed by atoms with Gasteiger partial charge >= 0.3 is 0 Å². The van der Waals surface area contributed by atoms with Gasteiger partial charge in [0.05, 0.1) is 21.7 Å². The lowest BCUT2D eigenvalue weighted by Crippen LogP contribution is -2.52. The van der Waals surface area contributed by atoms with Gasteiger partial charge in [0.25, 0.3) is 29.1 Å². The molecule has 2 aliphatic carbocycles. The highest BCUT2D eigenvalue weighted by Gasteiger charge is 2.62. The van der Waals surface area contributed by atoms with Crippen molar-refractivity contribution in [2.24, 2.45) is 23.7 Å². The van der Waals surface area contributed by atoms with E-state index in [2.05, 4.69) is 0 Å². The van der Waals surface area contributed by atoms with Crippen LogP contribution in [0.1, 0.15) is 40.0 Å². The summed E-state index contributed by atoms with van der Waals surface area (Å²) in [5, 5.41) is 23.6. The summed E-state index contributed by atoms with van der Waals surface area (Å²) < 4.78 is 0. The molecule has 1 aliphatic heterocycles. The van der Waals surface area contributed by atoms with E-state index in [1.54, 1.807) is 0 Å². The topological polar surface area (TPSA) is 161 Å². The van der Waals surface area contributed by atoms with E-state index in [0.717, 1.165) is 47.5 Å². The Labute approximate surface area is 203 Å². The van der Waals surface area contributed by atoms with Crippen LogP contribution in [0.5, 0.6) is 0 Å². The molecule has 0 spiro atoms. The Morgan fingerprint density at radius 2 is 1.44 bits per heavy atom. The number of rotatable bonds is 7. The summed E-state index contributed by atoms with van der Waals surface area (Å²) in [5.41, 5.74) is -0.723. The molecule has 0 unspecified atom stereocenters. The van der Waals surface area contributed by atoms with Gasteiger partial charge in [0, 0.05) is 35.4 Å². The molecule has 184 valence electrons. The fourth-order valence-corrected chi connectivity index (χ4v) is 5.76. The van der Waals surface area contributed by atoms with Gasteiger partial charge in [-0.2, -0.15) is 5.01 Å². The molecular formula is C24H20N4O8. The molecule has 12 nitrogen and oxygen atoms in total.